The normalized spacial score (nSPS) is 13.6. The van der Waals surface area contributed by atoms with Crippen molar-refractivity contribution in [3.05, 3.63) is 21.3 Å². The maximum Gasteiger partial charge on any atom is 0.326 e. The molecule has 1 heterocycles. The average Bonchev–Trinajstić information content (AvgIpc) is 2.80. The molecule has 1 rings (SSSR count). The number of hydrogen-bond donors (Lipinski definition) is 3. The number of thiophene rings is 1. The Balaban J connectivity index is 2.50. The van der Waals surface area contributed by atoms with Crippen molar-refractivity contribution in [1.29, 1.82) is 0 Å². The van der Waals surface area contributed by atoms with E-state index in [0.29, 0.717) is 16.5 Å². The molecule has 1 unspecified atom stereocenters. The van der Waals surface area contributed by atoms with Gasteiger partial charge in [-0.05, 0) is 37.5 Å². The molecule has 8 heteroatoms. The second-order valence-corrected chi connectivity index (χ2v) is 6.89. The van der Waals surface area contributed by atoms with Crippen LogP contribution in [0.5, 0.6) is 0 Å². The Labute approximate surface area is 131 Å². The number of hydrogen-bond acceptors (Lipinski definition) is 4. The Morgan fingerprint density at radius 2 is 2.15 bits per heavy atom. The molecule has 0 spiro atoms. The summed E-state index contributed by atoms with van der Waals surface area (Å²) in [5.41, 5.74) is 0. The highest BCUT2D eigenvalue weighted by molar-refractivity contribution is 7.98. The van der Waals surface area contributed by atoms with Crippen LogP contribution < -0.4 is 10.6 Å². The highest BCUT2D eigenvalue weighted by Gasteiger charge is 2.20. The zero-order valence-corrected chi connectivity index (χ0v) is 13.6. The Morgan fingerprint density at radius 3 is 2.65 bits per heavy atom. The number of amides is 2. The van der Waals surface area contributed by atoms with Crippen LogP contribution in [0.1, 0.15) is 24.3 Å². The lowest BCUT2D eigenvalue weighted by molar-refractivity contribution is -0.139. The summed E-state index contributed by atoms with van der Waals surface area (Å²) in [6, 6.07) is 2.01. The van der Waals surface area contributed by atoms with Gasteiger partial charge in [-0.2, -0.15) is 11.8 Å². The molecule has 2 amide bonds. The number of urea groups is 1. The van der Waals surface area contributed by atoms with Crippen molar-refractivity contribution in [2.24, 2.45) is 0 Å². The molecular weight excluding hydrogens is 320 g/mol. The molecule has 1 aromatic heterocycles. The number of nitrogens with one attached hydrogen (secondary N) is 2. The van der Waals surface area contributed by atoms with Gasteiger partial charge in [-0.1, -0.05) is 11.6 Å². The number of carboxylic acid groups (broad SMARTS) is 1. The van der Waals surface area contributed by atoms with Crippen LogP contribution in [0, 0.1) is 0 Å². The molecule has 0 saturated carbocycles. The van der Waals surface area contributed by atoms with Gasteiger partial charge in [0, 0.05) is 4.88 Å². The molecular formula is C12H17ClN2O3S2. The van der Waals surface area contributed by atoms with Crippen LogP contribution in [0.3, 0.4) is 0 Å². The highest BCUT2D eigenvalue weighted by atomic mass is 35.5. The van der Waals surface area contributed by atoms with E-state index in [0.717, 1.165) is 4.88 Å². The third kappa shape index (κ3) is 5.60. The Kier molecular flexibility index (Phi) is 7.18. The molecule has 20 heavy (non-hydrogen) atoms. The largest absolute Gasteiger partial charge is 0.480 e. The smallest absolute Gasteiger partial charge is 0.326 e. The van der Waals surface area contributed by atoms with E-state index >= 15 is 0 Å². The summed E-state index contributed by atoms with van der Waals surface area (Å²) in [7, 11) is 0. The summed E-state index contributed by atoms with van der Waals surface area (Å²) in [4.78, 5) is 23.7. The lowest BCUT2D eigenvalue weighted by Crippen LogP contribution is -2.46. The van der Waals surface area contributed by atoms with Gasteiger partial charge in [0.15, 0.2) is 0 Å². The zero-order chi connectivity index (χ0) is 15.1. The van der Waals surface area contributed by atoms with Gasteiger partial charge in [-0.25, -0.2) is 9.59 Å². The minimum Gasteiger partial charge on any atom is -0.480 e. The first kappa shape index (κ1) is 17.1. The van der Waals surface area contributed by atoms with Gasteiger partial charge >= 0.3 is 12.0 Å². The van der Waals surface area contributed by atoms with Gasteiger partial charge in [0.1, 0.15) is 6.04 Å². The highest BCUT2D eigenvalue weighted by Crippen LogP contribution is 2.26. The van der Waals surface area contributed by atoms with Crippen LogP contribution in [-0.2, 0) is 4.79 Å². The molecule has 0 bridgehead atoms. The number of halogens is 1. The quantitative estimate of drug-likeness (QED) is 0.715. The number of carbonyl (C=O) groups is 2. The van der Waals surface area contributed by atoms with Gasteiger partial charge in [-0.15, -0.1) is 11.3 Å². The first-order valence-corrected chi connectivity index (χ1v) is 8.57. The molecule has 0 radical (unpaired) electrons. The summed E-state index contributed by atoms with van der Waals surface area (Å²) >= 11 is 8.75. The topological polar surface area (TPSA) is 78.4 Å². The second-order valence-electron chi connectivity index (χ2n) is 4.15. The van der Waals surface area contributed by atoms with Crippen molar-refractivity contribution in [1.82, 2.24) is 10.6 Å². The van der Waals surface area contributed by atoms with Crippen molar-refractivity contribution in [2.45, 2.75) is 25.4 Å². The van der Waals surface area contributed by atoms with Crippen LogP contribution in [0.2, 0.25) is 4.34 Å². The molecule has 2 atom stereocenters. The van der Waals surface area contributed by atoms with Crippen LogP contribution in [0.25, 0.3) is 0 Å². The number of aliphatic carboxylic acids is 1. The van der Waals surface area contributed by atoms with Gasteiger partial charge in [-0.3, -0.25) is 0 Å². The van der Waals surface area contributed by atoms with Gasteiger partial charge in [0.2, 0.25) is 0 Å². The summed E-state index contributed by atoms with van der Waals surface area (Å²) in [6.45, 7) is 1.82. The van der Waals surface area contributed by atoms with Gasteiger partial charge in [0.25, 0.3) is 0 Å². The number of carbonyl (C=O) groups excluding carboxylic acids is 1. The molecule has 112 valence electrons. The fourth-order valence-electron chi connectivity index (χ4n) is 1.52. The first-order chi connectivity index (χ1) is 9.43. The predicted molar refractivity (Wildman–Crippen MR) is 83.8 cm³/mol. The van der Waals surface area contributed by atoms with Crippen LogP contribution >= 0.6 is 34.7 Å². The average molecular weight is 337 g/mol. The monoisotopic (exact) mass is 336 g/mol. The molecule has 0 aromatic carbocycles. The van der Waals surface area contributed by atoms with E-state index in [1.807, 2.05) is 19.2 Å². The van der Waals surface area contributed by atoms with Crippen molar-refractivity contribution < 1.29 is 14.7 Å². The fraction of sp³-hybridized carbons (Fsp3) is 0.500. The third-order valence-electron chi connectivity index (χ3n) is 2.58. The van der Waals surface area contributed by atoms with Crippen LogP contribution in [0.15, 0.2) is 12.1 Å². The van der Waals surface area contributed by atoms with Crippen LogP contribution in [0.4, 0.5) is 4.79 Å². The molecule has 0 aliphatic heterocycles. The Hall–Kier alpha value is -0.920. The second kappa shape index (κ2) is 8.39. The van der Waals surface area contributed by atoms with Gasteiger partial charge < -0.3 is 15.7 Å². The standard InChI is InChI=1S/C12H17ClN2O3S2/c1-7(9-3-4-10(13)20-9)14-12(18)15-8(11(16)17)5-6-19-2/h3-4,7-8H,5-6H2,1-2H3,(H,16,17)(H2,14,15,18)/t7?,8-/m0/s1. The van der Waals surface area contributed by atoms with Crippen molar-refractivity contribution in [3.63, 3.8) is 0 Å². The zero-order valence-electron chi connectivity index (χ0n) is 11.2. The van der Waals surface area contributed by atoms with Crippen LogP contribution in [-0.4, -0.2) is 35.2 Å². The van der Waals surface area contributed by atoms with E-state index in [1.54, 1.807) is 6.07 Å². The predicted octanol–water partition coefficient (Wildman–Crippen LogP) is 2.97. The van der Waals surface area contributed by atoms with Gasteiger partial charge in [0.05, 0.1) is 10.4 Å². The third-order valence-corrected chi connectivity index (χ3v) is 4.64. The number of carboxylic acids is 1. The molecule has 0 aliphatic carbocycles. The Morgan fingerprint density at radius 1 is 1.45 bits per heavy atom. The van der Waals surface area contributed by atoms with Crippen molar-refractivity contribution in [3.8, 4) is 0 Å². The first-order valence-electron chi connectivity index (χ1n) is 5.98. The van der Waals surface area contributed by atoms with E-state index in [-0.39, 0.29) is 6.04 Å². The minimum absolute atomic E-state index is 0.220. The van der Waals surface area contributed by atoms with E-state index in [4.69, 9.17) is 16.7 Å². The molecule has 0 aliphatic rings. The molecule has 3 N–H and O–H groups in total. The van der Waals surface area contributed by atoms with E-state index in [1.165, 1.54) is 23.1 Å². The molecule has 0 fully saturated rings. The minimum atomic E-state index is -1.03. The molecule has 1 aromatic rings. The molecule has 0 saturated heterocycles. The SMILES string of the molecule is CSCC[C@H](NC(=O)NC(C)c1ccc(Cl)s1)C(=O)O. The lowest BCUT2D eigenvalue weighted by Gasteiger charge is -2.17. The Bertz CT molecular complexity index is 467. The maximum absolute atomic E-state index is 11.8. The summed E-state index contributed by atoms with van der Waals surface area (Å²) in [5.74, 6) is -0.353. The number of thioether (sulfide) groups is 1. The summed E-state index contributed by atoms with van der Waals surface area (Å²) < 4.78 is 0.650. The fourth-order valence-corrected chi connectivity index (χ4v) is 3.06. The lowest BCUT2D eigenvalue weighted by atomic mass is 10.2. The number of rotatable bonds is 7. The van der Waals surface area contributed by atoms with E-state index in [9.17, 15) is 9.59 Å². The summed E-state index contributed by atoms with van der Waals surface area (Å²) in [5, 5.41) is 14.2. The van der Waals surface area contributed by atoms with Crippen molar-refractivity contribution in [2.75, 3.05) is 12.0 Å². The van der Waals surface area contributed by atoms with E-state index in [2.05, 4.69) is 10.6 Å². The molecule has 5 nitrogen and oxygen atoms in total. The summed E-state index contributed by atoms with van der Waals surface area (Å²) in [6.07, 6.45) is 2.28. The van der Waals surface area contributed by atoms with E-state index < -0.39 is 18.0 Å². The maximum atomic E-state index is 11.8. The van der Waals surface area contributed by atoms with Crippen molar-refractivity contribution >= 4 is 46.7 Å².